The normalized spacial score (nSPS) is 17.8. The molecule has 1 aliphatic carbocycles. The molecule has 3 amide bonds. The molecule has 0 spiro atoms. The molecule has 0 aliphatic heterocycles. The van der Waals surface area contributed by atoms with Gasteiger partial charge in [-0.25, -0.2) is 9.59 Å². The first-order valence-corrected chi connectivity index (χ1v) is 8.89. The van der Waals surface area contributed by atoms with Gasteiger partial charge in [-0.2, -0.15) is 0 Å². The Hall–Kier alpha value is -2.32. The number of aryl methyl sites for hydroxylation is 1. The zero-order chi connectivity index (χ0) is 19.5. The molecule has 2 atom stereocenters. The van der Waals surface area contributed by atoms with E-state index in [1.807, 2.05) is 41.7 Å². The van der Waals surface area contributed by atoms with Crippen molar-refractivity contribution in [2.75, 3.05) is 6.54 Å². The van der Waals surface area contributed by atoms with Crippen molar-refractivity contribution in [3.05, 3.63) is 12.2 Å². The van der Waals surface area contributed by atoms with E-state index in [0.717, 1.165) is 12.8 Å². The Balaban J connectivity index is 1.91. The molecular weight excluding hydrogens is 336 g/mol. The van der Waals surface area contributed by atoms with E-state index in [1.54, 1.807) is 10.9 Å². The largest absolute Gasteiger partial charge is 0.444 e. The quantitative estimate of drug-likeness (QED) is 0.712. The standard InChI is InChI=1S/C17H30N6O3/c1-11(13-22-19-10-23(13)6)20-14(24)21-17(5,12-7-8-12)9-18-15(25)26-16(2,3)4/h10-12H,7-9H2,1-6H3,(H,18,25)(H2,20,21,24)/t11-,17-/m1/s1. The number of nitrogens with one attached hydrogen (secondary N) is 3. The molecule has 26 heavy (non-hydrogen) atoms. The van der Waals surface area contributed by atoms with Gasteiger partial charge in [-0.1, -0.05) is 0 Å². The Morgan fingerprint density at radius 2 is 2.00 bits per heavy atom. The summed E-state index contributed by atoms with van der Waals surface area (Å²) in [7, 11) is 1.82. The van der Waals surface area contributed by atoms with Gasteiger partial charge >= 0.3 is 12.1 Å². The summed E-state index contributed by atoms with van der Waals surface area (Å²) in [4.78, 5) is 24.4. The predicted octanol–water partition coefficient (Wildman–Crippen LogP) is 1.87. The molecule has 0 aromatic carbocycles. The van der Waals surface area contributed by atoms with Crippen molar-refractivity contribution < 1.29 is 14.3 Å². The van der Waals surface area contributed by atoms with Crippen molar-refractivity contribution in [2.45, 2.75) is 64.6 Å². The van der Waals surface area contributed by atoms with Crippen LogP contribution >= 0.6 is 0 Å². The van der Waals surface area contributed by atoms with Crippen LogP contribution in [0.1, 0.15) is 59.3 Å². The van der Waals surface area contributed by atoms with Gasteiger partial charge in [0.15, 0.2) is 5.82 Å². The van der Waals surface area contributed by atoms with E-state index >= 15 is 0 Å². The third-order valence-corrected chi connectivity index (χ3v) is 4.36. The molecule has 1 heterocycles. The van der Waals surface area contributed by atoms with Crippen LogP contribution in [0, 0.1) is 5.92 Å². The molecule has 1 aliphatic rings. The van der Waals surface area contributed by atoms with E-state index in [9.17, 15) is 9.59 Å². The molecule has 0 saturated heterocycles. The molecule has 0 unspecified atom stereocenters. The molecule has 9 heteroatoms. The number of rotatable bonds is 6. The molecule has 3 N–H and O–H groups in total. The number of aromatic nitrogens is 3. The molecule has 0 bridgehead atoms. The first-order chi connectivity index (χ1) is 12.0. The maximum Gasteiger partial charge on any atom is 0.407 e. The summed E-state index contributed by atoms with van der Waals surface area (Å²) in [6.45, 7) is 9.52. The van der Waals surface area contributed by atoms with Crippen LogP contribution in [-0.4, -0.2) is 44.6 Å². The SMILES string of the molecule is C[C@@H](NC(=O)N[C@](C)(CNC(=O)OC(C)(C)C)C1CC1)c1nncn1C. The highest BCUT2D eigenvalue weighted by atomic mass is 16.6. The smallest absolute Gasteiger partial charge is 0.407 e. The minimum Gasteiger partial charge on any atom is -0.444 e. The average Bonchev–Trinajstić information content (AvgIpc) is 3.26. The maximum atomic E-state index is 12.5. The lowest BCUT2D eigenvalue weighted by Gasteiger charge is -2.32. The van der Waals surface area contributed by atoms with E-state index in [0.29, 0.717) is 18.3 Å². The fraction of sp³-hybridized carbons (Fsp3) is 0.765. The van der Waals surface area contributed by atoms with Crippen LogP contribution in [0.2, 0.25) is 0 Å². The van der Waals surface area contributed by atoms with Crippen LogP contribution in [0.4, 0.5) is 9.59 Å². The fourth-order valence-corrected chi connectivity index (χ4v) is 2.82. The predicted molar refractivity (Wildman–Crippen MR) is 96.5 cm³/mol. The van der Waals surface area contributed by atoms with Gasteiger partial charge in [0.1, 0.15) is 11.9 Å². The van der Waals surface area contributed by atoms with E-state index in [4.69, 9.17) is 4.74 Å². The van der Waals surface area contributed by atoms with Crippen LogP contribution < -0.4 is 16.0 Å². The maximum absolute atomic E-state index is 12.5. The minimum atomic E-state index is -0.559. The van der Waals surface area contributed by atoms with Crippen LogP contribution in [0.3, 0.4) is 0 Å². The van der Waals surface area contributed by atoms with E-state index in [-0.39, 0.29) is 12.1 Å². The molecule has 1 aromatic rings. The number of nitrogens with zero attached hydrogens (tertiary/aromatic N) is 3. The van der Waals surface area contributed by atoms with Crippen molar-refractivity contribution in [1.29, 1.82) is 0 Å². The summed E-state index contributed by atoms with van der Waals surface area (Å²) < 4.78 is 7.03. The summed E-state index contributed by atoms with van der Waals surface area (Å²) in [5.41, 5.74) is -1.10. The van der Waals surface area contributed by atoms with Crippen molar-refractivity contribution in [3.8, 4) is 0 Å². The zero-order valence-electron chi connectivity index (χ0n) is 16.4. The van der Waals surface area contributed by atoms with Gasteiger partial charge < -0.3 is 25.3 Å². The van der Waals surface area contributed by atoms with Gasteiger partial charge in [0.05, 0.1) is 11.6 Å². The van der Waals surface area contributed by atoms with E-state index in [2.05, 4.69) is 26.1 Å². The molecule has 1 aromatic heterocycles. The second-order valence-corrected chi connectivity index (χ2v) is 8.17. The van der Waals surface area contributed by atoms with Gasteiger partial charge in [0, 0.05) is 13.6 Å². The molecule has 9 nitrogen and oxygen atoms in total. The van der Waals surface area contributed by atoms with Gasteiger partial charge in [0.25, 0.3) is 0 Å². The number of alkyl carbamates (subject to hydrolysis) is 1. The summed E-state index contributed by atoms with van der Waals surface area (Å²) in [6, 6.07) is -0.592. The van der Waals surface area contributed by atoms with Gasteiger partial charge in [-0.05, 0) is 53.4 Å². The number of hydrogen-bond donors (Lipinski definition) is 3. The van der Waals surface area contributed by atoms with E-state index < -0.39 is 17.2 Å². The van der Waals surface area contributed by atoms with Crippen molar-refractivity contribution in [1.82, 2.24) is 30.7 Å². The van der Waals surface area contributed by atoms with Crippen molar-refractivity contribution >= 4 is 12.1 Å². The monoisotopic (exact) mass is 366 g/mol. The van der Waals surface area contributed by atoms with Crippen LogP contribution in [0.25, 0.3) is 0 Å². The fourth-order valence-electron chi connectivity index (χ4n) is 2.82. The van der Waals surface area contributed by atoms with Crippen molar-refractivity contribution in [3.63, 3.8) is 0 Å². The average molecular weight is 366 g/mol. The second kappa shape index (κ2) is 7.51. The summed E-state index contributed by atoms with van der Waals surface area (Å²) >= 11 is 0. The molecule has 2 rings (SSSR count). The molecule has 1 fully saturated rings. The molecule has 146 valence electrons. The summed E-state index contributed by atoms with van der Waals surface area (Å²) in [6.07, 6.45) is 3.14. The Bertz CT molecular complexity index is 649. The van der Waals surface area contributed by atoms with Crippen LogP contribution in [0.15, 0.2) is 6.33 Å². The lowest BCUT2D eigenvalue weighted by Crippen LogP contribution is -2.58. The summed E-state index contributed by atoms with van der Waals surface area (Å²) in [5, 5.41) is 16.5. The van der Waals surface area contributed by atoms with Crippen molar-refractivity contribution in [2.24, 2.45) is 13.0 Å². The zero-order valence-corrected chi connectivity index (χ0v) is 16.4. The lowest BCUT2D eigenvalue weighted by molar-refractivity contribution is 0.0509. The minimum absolute atomic E-state index is 0.287. The Kier molecular flexibility index (Phi) is 5.77. The first-order valence-electron chi connectivity index (χ1n) is 8.89. The Labute approximate surface area is 154 Å². The molecule has 1 saturated carbocycles. The van der Waals surface area contributed by atoms with Gasteiger partial charge in [-0.3, -0.25) is 0 Å². The van der Waals surface area contributed by atoms with Crippen LogP contribution in [0.5, 0.6) is 0 Å². The second-order valence-electron chi connectivity index (χ2n) is 8.17. The Morgan fingerprint density at radius 3 is 2.50 bits per heavy atom. The third kappa shape index (κ3) is 5.60. The number of hydrogen-bond acceptors (Lipinski definition) is 5. The number of ether oxygens (including phenoxy) is 1. The van der Waals surface area contributed by atoms with Gasteiger partial charge in [-0.15, -0.1) is 10.2 Å². The Morgan fingerprint density at radius 1 is 1.35 bits per heavy atom. The molecule has 0 radical (unpaired) electrons. The highest BCUT2D eigenvalue weighted by Gasteiger charge is 2.43. The highest BCUT2D eigenvalue weighted by molar-refractivity contribution is 5.75. The van der Waals surface area contributed by atoms with Crippen LogP contribution in [-0.2, 0) is 11.8 Å². The number of amides is 3. The highest BCUT2D eigenvalue weighted by Crippen LogP contribution is 2.39. The lowest BCUT2D eigenvalue weighted by atomic mass is 9.96. The number of carbonyl (C=O) groups is 2. The number of carbonyl (C=O) groups excluding carboxylic acids is 2. The van der Waals surface area contributed by atoms with E-state index in [1.165, 1.54) is 0 Å². The van der Waals surface area contributed by atoms with Gasteiger partial charge in [0.2, 0.25) is 0 Å². The number of urea groups is 1. The topological polar surface area (TPSA) is 110 Å². The first kappa shape index (κ1) is 20.0. The third-order valence-electron chi connectivity index (χ3n) is 4.36. The summed E-state index contributed by atoms with van der Waals surface area (Å²) in [5.74, 6) is 0.994. The molecular formula is C17H30N6O3.